The summed E-state index contributed by atoms with van der Waals surface area (Å²) >= 11 is 0. The predicted octanol–water partition coefficient (Wildman–Crippen LogP) is 3.45. The molecule has 0 atom stereocenters. The van der Waals surface area contributed by atoms with Gasteiger partial charge in [-0.1, -0.05) is 43.7 Å². The smallest absolute Gasteiger partial charge is 0.0230 e. The van der Waals surface area contributed by atoms with Gasteiger partial charge in [0.15, 0.2) is 0 Å². The fraction of sp³-hybridized carbons (Fsp3) is 0.647. The molecule has 0 saturated heterocycles. The molecule has 1 rings (SSSR count). The Morgan fingerprint density at radius 3 is 2.16 bits per heavy atom. The van der Waals surface area contributed by atoms with E-state index in [4.69, 9.17) is 0 Å². The molecule has 0 heterocycles. The normalized spacial score (nSPS) is 12.1. The second kappa shape index (κ2) is 7.66. The van der Waals surface area contributed by atoms with Crippen LogP contribution < -0.4 is 5.32 Å². The zero-order chi connectivity index (χ0) is 14.3. The highest BCUT2D eigenvalue weighted by atomic mass is 15.1. The van der Waals surface area contributed by atoms with Crippen LogP contribution in [-0.4, -0.2) is 32.1 Å². The Morgan fingerprint density at radius 2 is 1.68 bits per heavy atom. The molecule has 0 aliphatic carbocycles. The van der Waals surface area contributed by atoms with Gasteiger partial charge in [-0.05, 0) is 44.8 Å². The van der Waals surface area contributed by atoms with Crippen molar-refractivity contribution < 1.29 is 0 Å². The highest BCUT2D eigenvalue weighted by Crippen LogP contribution is 2.27. The van der Waals surface area contributed by atoms with Gasteiger partial charge >= 0.3 is 0 Å². The first kappa shape index (κ1) is 16.2. The molecule has 0 fully saturated rings. The maximum absolute atomic E-state index is 3.36. The van der Waals surface area contributed by atoms with Crippen LogP contribution in [0.1, 0.15) is 37.8 Å². The molecule has 0 saturated carbocycles. The quantitative estimate of drug-likeness (QED) is 0.772. The number of hydrogen-bond acceptors (Lipinski definition) is 2. The molecule has 2 nitrogen and oxygen atoms in total. The third-order valence-corrected chi connectivity index (χ3v) is 4.23. The van der Waals surface area contributed by atoms with Gasteiger partial charge < -0.3 is 10.2 Å². The van der Waals surface area contributed by atoms with Crippen molar-refractivity contribution in [2.75, 3.05) is 27.2 Å². The van der Waals surface area contributed by atoms with Crippen molar-refractivity contribution in [3.8, 4) is 0 Å². The van der Waals surface area contributed by atoms with Crippen LogP contribution in [0.4, 0.5) is 0 Å². The van der Waals surface area contributed by atoms with E-state index in [1.807, 2.05) is 0 Å². The first-order valence-corrected chi connectivity index (χ1v) is 7.44. The van der Waals surface area contributed by atoms with Crippen molar-refractivity contribution in [3.05, 3.63) is 35.4 Å². The van der Waals surface area contributed by atoms with Crippen molar-refractivity contribution >= 4 is 0 Å². The summed E-state index contributed by atoms with van der Waals surface area (Å²) in [7, 11) is 4.29. The lowest BCUT2D eigenvalue weighted by molar-refractivity contribution is 0.153. The monoisotopic (exact) mass is 262 g/mol. The second-order valence-corrected chi connectivity index (χ2v) is 5.90. The van der Waals surface area contributed by atoms with Crippen LogP contribution >= 0.6 is 0 Å². The van der Waals surface area contributed by atoms with E-state index < -0.39 is 0 Å². The van der Waals surface area contributed by atoms with Gasteiger partial charge in [-0.15, -0.1) is 0 Å². The van der Waals surface area contributed by atoms with E-state index in [0.717, 1.165) is 19.6 Å². The van der Waals surface area contributed by atoms with Crippen LogP contribution in [0.15, 0.2) is 24.3 Å². The molecule has 0 aliphatic rings. The summed E-state index contributed by atoms with van der Waals surface area (Å²) in [5.74, 6) is 0. The lowest BCUT2D eigenvalue weighted by Crippen LogP contribution is -2.41. The van der Waals surface area contributed by atoms with E-state index in [-0.39, 0.29) is 0 Å². The average molecular weight is 262 g/mol. The first-order chi connectivity index (χ1) is 9.05. The lowest BCUT2D eigenvalue weighted by atomic mass is 9.81. The lowest BCUT2D eigenvalue weighted by Gasteiger charge is -2.35. The molecule has 0 amide bonds. The van der Waals surface area contributed by atoms with Gasteiger partial charge in [-0.2, -0.15) is 0 Å². The fourth-order valence-corrected chi connectivity index (χ4v) is 2.79. The molecule has 0 aromatic heterocycles. The van der Waals surface area contributed by atoms with E-state index in [1.54, 1.807) is 0 Å². The highest BCUT2D eigenvalue weighted by molar-refractivity contribution is 5.21. The van der Waals surface area contributed by atoms with Crippen molar-refractivity contribution in [1.29, 1.82) is 0 Å². The third kappa shape index (κ3) is 4.96. The SMILES string of the molecule is CCC(CC)(CNC)CN(C)Cc1ccc(C)cc1. The van der Waals surface area contributed by atoms with Crippen LogP contribution in [0.5, 0.6) is 0 Å². The highest BCUT2D eigenvalue weighted by Gasteiger charge is 2.26. The summed E-state index contributed by atoms with van der Waals surface area (Å²) < 4.78 is 0. The Kier molecular flexibility index (Phi) is 6.53. The zero-order valence-electron chi connectivity index (χ0n) is 13.3. The number of nitrogens with one attached hydrogen (secondary N) is 1. The van der Waals surface area contributed by atoms with E-state index in [1.165, 1.54) is 24.0 Å². The number of hydrogen-bond donors (Lipinski definition) is 1. The molecular weight excluding hydrogens is 232 g/mol. The van der Waals surface area contributed by atoms with E-state index in [0.29, 0.717) is 5.41 Å². The molecule has 0 unspecified atom stereocenters. The van der Waals surface area contributed by atoms with Crippen molar-refractivity contribution in [2.45, 2.75) is 40.2 Å². The van der Waals surface area contributed by atoms with Crippen LogP contribution in [0, 0.1) is 12.3 Å². The molecule has 2 heteroatoms. The summed E-state index contributed by atoms with van der Waals surface area (Å²) in [6.45, 7) is 10.0. The minimum Gasteiger partial charge on any atom is -0.319 e. The molecule has 0 spiro atoms. The minimum absolute atomic E-state index is 0.397. The van der Waals surface area contributed by atoms with Gasteiger partial charge in [0.1, 0.15) is 0 Å². The fourth-order valence-electron chi connectivity index (χ4n) is 2.79. The summed E-state index contributed by atoms with van der Waals surface area (Å²) in [4.78, 5) is 2.45. The molecule has 0 bridgehead atoms. The molecule has 1 N–H and O–H groups in total. The molecule has 108 valence electrons. The van der Waals surface area contributed by atoms with Crippen LogP contribution in [0.3, 0.4) is 0 Å². The summed E-state index contributed by atoms with van der Waals surface area (Å²) in [5, 5.41) is 3.36. The first-order valence-electron chi connectivity index (χ1n) is 7.44. The van der Waals surface area contributed by atoms with Crippen molar-refractivity contribution in [3.63, 3.8) is 0 Å². The van der Waals surface area contributed by atoms with Crippen LogP contribution in [0.2, 0.25) is 0 Å². The van der Waals surface area contributed by atoms with Gasteiger partial charge in [-0.3, -0.25) is 0 Å². The van der Waals surface area contributed by atoms with Gasteiger partial charge in [0, 0.05) is 19.6 Å². The zero-order valence-corrected chi connectivity index (χ0v) is 13.3. The standard InChI is InChI=1S/C17H30N2/c1-6-17(7-2,13-18-4)14-19(5)12-16-10-8-15(3)9-11-16/h8-11,18H,6-7,12-14H2,1-5H3. The Hall–Kier alpha value is -0.860. The Morgan fingerprint density at radius 1 is 1.11 bits per heavy atom. The number of rotatable bonds is 8. The van der Waals surface area contributed by atoms with Crippen LogP contribution in [-0.2, 0) is 6.54 Å². The van der Waals surface area contributed by atoms with Gasteiger partial charge in [0.25, 0.3) is 0 Å². The van der Waals surface area contributed by atoms with E-state index in [9.17, 15) is 0 Å². The van der Waals surface area contributed by atoms with Gasteiger partial charge in [0.05, 0.1) is 0 Å². The summed E-state index contributed by atoms with van der Waals surface area (Å²) in [5.41, 5.74) is 3.13. The van der Waals surface area contributed by atoms with Crippen molar-refractivity contribution in [2.24, 2.45) is 5.41 Å². The topological polar surface area (TPSA) is 15.3 Å². The van der Waals surface area contributed by atoms with Gasteiger partial charge in [0.2, 0.25) is 0 Å². The predicted molar refractivity (Wildman–Crippen MR) is 84.5 cm³/mol. The molecule has 0 radical (unpaired) electrons. The Bertz CT molecular complexity index is 352. The molecule has 1 aromatic rings. The molecule has 1 aromatic carbocycles. The second-order valence-electron chi connectivity index (χ2n) is 5.90. The molecule has 0 aliphatic heterocycles. The number of benzene rings is 1. The summed E-state index contributed by atoms with van der Waals surface area (Å²) in [6.07, 6.45) is 2.45. The van der Waals surface area contributed by atoms with E-state index in [2.05, 4.69) is 69.3 Å². The number of nitrogens with zero attached hydrogens (tertiary/aromatic N) is 1. The summed E-state index contributed by atoms with van der Waals surface area (Å²) in [6, 6.07) is 8.88. The maximum atomic E-state index is 3.36. The van der Waals surface area contributed by atoms with Crippen molar-refractivity contribution in [1.82, 2.24) is 10.2 Å². The van der Waals surface area contributed by atoms with E-state index >= 15 is 0 Å². The largest absolute Gasteiger partial charge is 0.319 e. The molecule has 19 heavy (non-hydrogen) atoms. The van der Waals surface area contributed by atoms with Crippen LogP contribution in [0.25, 0.3) is 0 Å². The number of aryl methyl sites for hydroxylation is 1. The maximum Gasteiger partial charge on any atom is 0.0230 e. The Labute approximate surface area is 119 Å². The van der Waals surface area contributed by atoms with Gasteiger partial charge in [-0.25, -0.2) is 0 Å². The Balaban J connectivity index is 2.61. The minimum atomic E-state index is 0.397. The average Bonchev–Trinajstić information content (AvgIpc) is 2.41. The molecular formula is C17H30N2. The third-order valence-electron chi connectivity index (χ3n) is 4.23.